The quantitative estimate of drug-likeness (QED) is 0.864. The Morgan fingerprint density at radius 3 is 2.89 bits per heavy atom. The third-order valence-corrected chi connectivity index (χ3v) is 4.16. The first kappa shape index (κ1) is 10.9. The Morgan fingerprint density at radius 2 is 2.11 bits per heavy atom. The molecule has 1 saturated heterocycles. The number of nitrogens with one attached hydrogen (secondary N) is 1. The van der Waals surface area contributed by atoms with E-state index in [2.05, 4.69) is 5.32 Å². The third kappa shape index (κ3) is 1.84. The predicted molar refractivity (Wildman–Crippen MR) is 67.3 cm³/mol. The summed E-state index contributed by atoms with van der Waals surface area (Å²) in [5.41, 5.74) is 3.97. The van der Waals surface area contributed by atoms with Crippen LogP contribution in [-0.4, -0.2) is 23.1 Å². The van der Waals surface area contributed by atoms with Crippen molar-refractivity contribution in [2.45, 2.75) is 50.7 Å². The fraction of sp³-hybridized carbons (Fsp3) is 0.714. The summed E-state index contributed by atoms with van der Waals surface area (Å²) in [5.74, 6) is 1.65. The second-order valence-electron chi connectivity index (χ2n) is 5.60. The van der Waals surface area contributed by atoms with E-state index in [1.165, 1.54) is 29.8 Å². The first-order chi connectivity index (χ1) is 8.92. The average molecular weight is 245 g/mol. The van der Waals surface area contributed by atoms with Gasteiger partial charge in [0.25, 0.3) is 0 Å². The molecule has 96 valence electrons. The number of hydrogen-bond acceptors (Lipinski definition) is 4. The molecule has 1 unspecified atom stereocenters. The number of aromatic nitrogens is 2. The summed E-state index contributed by atoms with van der Waals surface area (Å²) in [4.78, 5) is 9.64. The van der Waals surface area contributed by atoms with Crippen molar-refractivity contribution in [2.24, 2.45) is 0 Å². The highest BCUT2D eigenvalue weighted by molar-refractivity contribution is 5.33. The standard InChI is InChI=1S/C14H19N3O/c1-2-12(18-7-1)14-16-11-5-6-15-8-10(11)13(17-14)9-3-4-9/h9,12,15H,1-8H2. The Hall–Kier alpha value is -1.00. The zero-order valence-corrected chi connectivity index (χ0v) is 10.6. The minimum Gasteiger partial charge on any atom is -0.370 e. The summed E-state index contributed by atoms with van der Waals surface area (Å²) < 4.78 is 5.74. The molecule has 3 aliphatic rings. The van der Waals surface area contributed by atoms with Crippen LogP contribution < -0.4 is 5.32 Å². The van der Waals surface area contributed by atoms with Gasteiger partial charge in [0.15, 0.2) is 5.82 Å². The van der Waals surface area contributed by atoms with Gasteiger partial charge in [0.05, 0.1) is 11.4 Å². The van der Waals surface area contributed by atoms with Crippen LogP contribution in [0.2, 0.25) is 0 Å². The summed E-state index contributed by atoms with van der Waals surface area (Å²) in [6.45, 7) is 2.86. The van der Waals surface area contributed by atoms with Crippen molar-refractivity contribution in [3.8, 4) is 0 Å². The van der Waals surface area contributed by atoms with Crippen molar-refractivity contribution >= 4 is 0 Å². The van der Waals surface area contributed by atoms with Crippen LogP contribution in [0, 0.1) is 0 Å². The molecule has 2 aliphatic heterocycles. The normalized spacial score (nSPS) is 27.2. The topological polar surface area (TPSA) is 47.0 Å². The maximum Gasteiger partial charge on any atom is 0.157 e. The van der Waals surface area contributed by atoms with Crippen LogP contribution in [0.4, 0.5) is 0 Å². The summed E-state index contributed by atoms with van der Waals surface area (Å²) in [7, 11) is 0. The number of rotatable bonds is 2. The highest BCUT2D eigenvalue weighted by Gasteiger charge is 2.32. The van der Waals surface area contributed by atoms with Gasteiger partial charge in [-0.05, 0) is 25.7 Å². The lowest BCUT2D eigenvalue weighted by molar-refractivity contribution is 0.104. The molecule has 1 saturated carbocycles. The molecule has 0 bridgehead atoms. The largest absolute Gasteiger partial charge is 0.370 e. The molecule has 2 fully saturated rings. The molecule has 1 atom stereocenters. The second-order valence-corrected chi connectivity index (χ2v) is 5.60. The van der Waals surface area contributed by atoms with Crippen molar-refractivity contribution in [1.82, 2.24) is 15.3 Å². The van der Waals surface area contributed by atoms with Crippen molar-refractivity contribution in [3.63, 3.8) is 0 Å². The summed E-state index contributed by atoms with van der Waals surface area (Å²) in [5, 5.41) is 3.44. The molecule has 0 spiro atoms. The molecule has 1 aliphatic carbocycles. The van der Waals surface area contributed by atoms with Gasteiger partial charge in [-0.1, -0.05) is 0 Å². The Bertz CT molecular complexity index is 464. The van der Waals surface area contributed by atoms with Gasteiger partial charge < -0.3 is 10.1 Å². The minimum atomic E-state index is 0.155. The average Bonchev–Trinajstić information content (AvgIpc) is 3.12. The summed E-state index contributed by atoms with van der Waals surface area (Å²) in [6, 6.07) is 0. The fourth-order valence-corrected chi connectivity index (χ4v) is 3.01. The first-order valence-corrected chi connectivity index (χ1v) is 7.14. The van der Waals surface area contributed by atoms with Gasteiger partial charge in [0.1, 0.15) is 6.10 Å². The molecule has 4 rings (SSSR count). The highest BCUT2D eigenvalue weighted by Crippen LogP contribution is 2.42. The van der Waals surface area contributed by atoms with Crippen LogP contribution in [-0.2, 0) is 17.7 Å². The van der Waals surface area contributed by atoms with E-state index in [1.807, 2.05) is 0 Å². The summed E-state index contributed by atoms with van der Waals surface area (Å²) >= 11 is 0. The predicted octanol–water partition coefficient (Wildman–Crippen LogP) is 1.85. The number of hydrogen-bond donors (Lipinski definition) is 1. The molecule has 0 aromatic carbocycles. The van der Waals surface area contributed by atoms with Crippen LogP contribution in [0.5, 0.6) is 0 Å². The molecule has 1 aromatic heterocycles. The van der Waals surface area contributed by atoms with Gasteiger partial charge in [0, 0.05) is 37.6 Å². The Morgan fingerprint density at radius 1 is 1.17 bits per heavy atom. The van der Waals surface area contributed by atoms with Gasteiger partial charge in [-0.25, -0.2) is 9.97 Å². The molecule has 18 heavy (non-hydrogen) atoms. The fourth-order valence-electron chi connectivity index (χ4n) is 3.01. The maximum atomic E-state index is 5.74. The van der Waals surface area contributed by atoms with Gasteiger partial charge in [-0.15, -0.1) is 0 Å². The van der Waals surface area contributed by atoms with Gasteiger partial charge in [0.2, 0.25) is 0 Å². The number of fused-ring (bicyclic) bond motifs is 1. The lowest BCUT2D eigenvalue weighted by Gasteiger charge is -2.21. The molecule has 4 nitrogen and oxygen atoms in total. The van der Waals surface area contributed by atoms with Crippen LogP contribution in [0.15, 0.2) is 0 Å². The van der Waals surface area contributed by atoms with E-state index >= 15 is 0 Å². The minimum absolute atomic E-state index is 0.155. The zero-order valence-electron chi connectivity index (χ0n) is 10.6. The Balaban J connectivity index is 1.77. The van der Waals surface area contributed by atoms with E-state index in [1.54, 1.807) is 0 Å². The van der Waals surface area contributed by atoms with Crippen molar-refractivity contribution in [3.05, 3.63) is 22.8 Å². The van der Waals surface area contributed by atoms with E-state index in [9.17, 15) is 0 Å². The molecular formula is C14H19N3O. The van der Waals surface area contributed by atoms with E-state index < -0.39 is 0 Å². The van der Waals surface area contributed by atoms with Crippen LogP contribution >= 0.6 is 0 Å². The molecule has 4 heteroatoms. The van der Waals surface area contributed by atoms with E-state index in [0.29, 0.717) is 5.92 Å². The molecule has 1 aromatic rings. The number of ether oxygens (including phenoxy) is 1. The molecule has 0 amide bonds. The van der Waals surface area contributed by atoms with Crippen LogP contribution in [0.25, 0.3) is 0 Å². The lowest BCUT2D eigenvalue weighted by atomic mass is 10.0. The van der Waals surface area contributed by atoms with E-state index in [-0.39, 0.29) is 6.10 Å². The lowest BCUT2D eigenvalue weighted by Crippen LogP contribution is -2.27. The van der Waals surface area contributed by atoms with Crippen molar-refractivity contribution in [1.29, 1.82) is 0 Å². The highest BCUT2D eigenvalue weighted by atomic mass is 16.5. The summed E-state index contributed by atoms with van der Waals surface area (Å²) in [6.07, 6.45) is 6.02. The van der Waals surface area contributed by atoms with Gasteiger partial charge >= 0.3 is 0 Å². The SMILES string of the molecule is C1COC(c2nc3c(c(C4CC4)n2)CNCC3)C1. The van der Waals surface area contributed by atoms with Gasteiger partial charge in [-0.2, -0.15) is 0 Å². The maximum absolute atomic E-state index is 5.74. The first-order valence-electron chi connectivity index (χ1n) is 7.14. The van der Waals surface area contributed by atoms with Gasteiger partial charge in [-0.3, -0.25) is 0 Å². The molecule has 0 radical (unpaired) electrons. The monoisotopic (exact) mass is 245 g/mol. The van der Waals surface area contributed by atoms with E-state index in [4.69, 9.17) is 14.7 Å². The van der Waals surface area contributed by atoms with Crippen LogP contribution in [0.1, 0.15) is 60.5 Å². The molecule has 3 heterocycles. The Labute approximate surface area is 107 Å². The third-order valence-electron chi connectivity index (χ3n) is 4.16. The number of nitrogens with zero attached hydrogens (tertiary/aromatic N) is 2. The Kier molecular flexibility index (Phi) is 2.59. The second kappa shape index (κ2) is 4.28. The van der Waals surface area contributed by atoms with E-state index in [0.717, 1.165) is 44.8 Å². The van der Waals surface area contributed by atoms with Crippen molar-refractivity contribution < 1.29 is 4.74 Å². The smallest absolute Gasteiger partial charge is 0.157 e. The molecule has 1 N–H and O–H groups in total. The van der Waals surface area contributed by atoms with Crippen molar-refractivity contribution in [2.75, 3.05) is 13.2 Å². The zero-order chi connectivity index (χ0) is 11.9. The van der Waals surface area contributed by atoms with Crippen LogP contribution in [0.3, 0.4) is 0 Å². The molecular weight excluding hydrogens is 226 g/mol.